The van der Waals surface area contributed by atoms with Crippen molar-refractivity contribution in [2.75, 3.05) is 5.43 Å². The van der Waals surface area contributed by atoms with Gasteiger partial charge in [0, 0.05) is 0 Å². The Morgan fingerprint density at radius 3 is 1.83 bits per heavy atom. The van der Waals surface area contributed by atoms with Gasteiger partial charge in [0.05, 0.1) is 29.7 Å². The molecule has 150 valence electrons. The molecule has 3 rings (SSSR count). The molecule has 8 heteroatoms. The minimum atomic E-state index is -0.0754. The Balaban J connectivity index is 0.00000320. The molecule has 0 radical (unpaired) electrons. The Hall–Kier alpha value is -4.15. The quantitative estimate of drug-likeness (QED) is 0.321. The van der Waals surface area contributed by atoms with Crippen LogP contribution in [0.3, 0.4) is 0 Å². The highest BCUT2D eigenvalue weighted by Gasteiger charge is 1.98. The lowest BCUT2D eigenvalue weighted by Crippen LogP contribution is -2.21. The van der Waals surface area contributed by atoms with Gasteiger partial charge in [-0.3, -0.25) is 5.43 Å². The third kappa shape index (κ3) is 6.48. The molecule has 0 aliphatic carbocycles. The number of benzene rings is 3. The fourth-order valence-corrected chi connectivity index (χ4v) is 2.49. The van der Waals surface area contributed by atoms with E-state index in [1.807, 2.05) is 60.7 Å². The lowest BCUT2D eigenvalue weighted by molar-refractivity contribution is 1.21. The maximum absolute atomic E-state index is 8.81. The molecule has 3 aromatic carbocycles. The van der Waals surface area contributed by atoms with Gasteiger partial charge < -0.3 is 11.5 Å². The molecule has 0 unspecified atom stereocenters. The van der Waals surface area contributed by atoms with Crippen LogP contribution in [0, 0.1) is 11.3 Å². The van der Waals surface area contributed by atoms with E-state index in [1.54, 1.807) is 24.6 Å². The zero-order valence-electron chi connectivity index (χ0n) is 15.9. The second kappa shape index (κ2) is 11.0. The molecule has 7 nitrogen and oxygen atoms in total. The smallest absolute Gasteiger partial charge is 0.211 e. The molecule has 0 atom stereocenters. The van der Waals surface area contributed by atoms with Crippen molar-refractivity contribution >= 4 is 36.5 Å². The molecular formula is C22H20ClN7. The number of nitriles is 1. The first-order valence-electron chi connectivity index (χ1n) is 8.76. The van der Waals surface area contributed by atoms with E-state index in [2.05, 4.69) is 26.8 Å². The number of anilines is 1. The van der Waals surface area contributed by atoms with Gasteiger partial charge in [-0.15, -0.1) is 17.5 Å². The minimum absolute atomic E-state index is 0. The molecule has 0 heterocycles. The molecule has 5 N–H and O–H groups in total. The van der Waals surface area contributed by atoms with Gasteiger partial charge in [0.25, 0.3) is 0 Å². The van der Waals surface area contributed by atoms with E-state index >= 15 is 0 Å². The minimum Gasteiger partial charge on any atom is -0.369 e. The van der Waals surface area contributed by atoms with E-state index in [9.17, 15) is 0 Å². The third-order valence-electron chi connectivity index (χ3n) is 3.96. The Morgan fingerprint density at radius 1 is 0.800 bits per heavy atom. The van der Waals surface area contributed by atoms with Gasteiger partial charge in [-0.25, -0.2) is 0 Å². The fourth-order valence-electron chi connectivity index (χ4n) is 2.49. The summed E-state index contributed by atoms with van der Waals surface area (Å²) in [7, 11) is 0. The summed E-state index contributed by atoms with van der Waals surface area (Å²) in [6.07, 6.45) is 3.33. The monoisotopic (exact) mass is 417 g/mol. The van der Waals surface area contributed by atoms with Crippen LogP contribution < -0.4 is 16.9 Å². The number of hydrogen-bond donors (Lipinski definition) is 3. The average Bonchev–Trinajstić information content (AvgIpc) is 2.75. The van der Waals surface area contributed by atoms with Gasteiger partial charge in [-0.1, -0.05) is 48.5 Å². The Labute approximate surface area is 180 Å². The number of nitrogens with zero attached hydrogens (tertiary/aromatic N) is 4. The molecule has 0 aliphatic heterocycles. The number of rotatable bonds is 6. The van der Waals surface area contributed by atoms with Crippen LogP contribution >= 0.6 is 12.4 Å². The highest BCUT2D eigenvalue weighted by atomic mass is 35.5. The van der Waals surface area contributed by atoms with Crippen molar-refractivity contribution < 1.29 is 0 Å². The van der Waals surface area contributed by atoms with Crippen LogP contribution in [0.2, 0.25) is 0 Å². The maximum Gasteiger partial charge on any atom is 0.211 e. The molecule has 0 saturated carbocycles. The molecule has 0 aliphatic rings. The summed E-state index contributed by atoms with van der Waals surface area (Å²) in [5, 5.41) is 20.4. The van der Waals surface area contributed by atoms with Crippen molar-refractivity contribution in [2.45, 2.75) is 0 Å². The molecular weight excluding hydrogens is 398 g/mol. The van der Waals surface area contributed by atoms with Gasteiger partial charge in [-0.05, 0) is 46.5 Å². The van der Waals surface area contributed by atoms with Gasteiger partial charge in [-0.2, -0.15) is 15.5 Å². The first-order chi connectivity index (χ1) is 14.1. The van der Waals surface area contributed by atoms with Gasteiger partial charge >= 0.3 is 0 Å². The molecule has 0 amide bonds. The number of hydrogen-bond acceptors (Lipinski definition) is 5. The third-order valence-corrected chi connectivity index (χ3v) is 3.96. The fraction of sp³-hybridized carbons (Fsp3) is 0. The Bertz CT molecular complexity index is 1070. The zero-order chi connectivity index (χ0) is 20.5. The van der Waals surface area contributed by atoms with E-state index < -0.39 is 0 Å². The van der Waals surface area contributed by atoms with Crippen molar-refractivity contribution in [2.24, 2.45) is 26.8 Å². The lowest BCUT2D eigenvalue weighted by atomic mass is 10.0. The van der Waals surface area contributed by atoms with Crippen LogP contribution in [0.1, 0.15) is 16.7 Å². The van der Waals surface area contributed by atoms with Crippen molar-refractivity contribution in [1.82, 2.24) is 0 Å². The molecule has 3 aromatic rings. The average molecular weight is 418 g/mol. The molecule has 0 aromatic heterocycles. The number of nitrogens with two attached hydrogens (primary N) is 2. The molecule has 30 heavy (non-hydrogen) atoms. The Morgan fingerprint density at radius 2 is 1.33 bits per heavy atom. The number of guanidine groups is 1. The first kappa shape index (κ1) is 22.1. The van der Waals surface area contributed by atoms with Crippen LogP contribution in [0.15, 0.2) is 88.1 Å². The molecule has 0 fully saturated rings. The van der Waals surface area contributed by atoms with E-state index in [0.29, 0.717) is 5.56 Å². The van der Waals surface area contributed by atoms with E-state index in [1.165, 1.54) is 0 Å². The van der Waals surface area contributed by atoms with Crippen molar-refractivity contribution in [3.8, 4) is 17.2 Å². The van der Waals surface area contributed by atoms with Crippen molar-refractivity contribution in [3.05, 3.63) is 89.5 Å². The van der Waals surface area contributed by atoms with Crippen LogP contribution in [-0.4, -0.2) is 18.4 Å². The maximum atomic E-state index is 8.81. The van der Waals surface area contributed by atoms with Crippen LogP contribution in [0.5, 0.6) is 0 Å². The standard InChI is InChI=1S/C22H19N7.ClH/c23-13-16-5-11-21(12-6-16)28-26-14-17-1-7-19(8-2-17)20-9-3-18(4-10-20)15-27-29-22(24)25;/h1-12,14-15,28H,(H4,24,25,29);1H/b26-14+,27-15+;. The predicted octanol–water partition coefficient (Wildman–Crippen LogP) is 3.70. The number of nitrogens with one attached hydrogen (secondary N) is 1. The van der Waals surface area contributed by atoms with Crippen LogP contribution in [-0.2, 0) is 0 Å². The Kier molecular flexibility index (Phi) is 8.12. The second-order valence-electron chi connectivity index (χ2n) is 6.07. The summed E-state index contributed by atoms with van der Waals surface area (Å²) < 4.78 is 0. The number of halogens is 1. The van der Waals surface area contributed by atoms with Gasteiger partial charge in [0.2, 0.25) is 5.96 Å². The predicted molar refractivity (Wildman–Crippen MR) is 125 cm³/mol. The normalized spacial score (nSPS) is 10.4. The topological polar surface area (TPSA) is 125 Å². The van der Waals surface area contributed by atoms with E-state index in [4.69, 9.17) is 16.7 Å². The summed E-state index contributed by atoms with van der Waals surface area (Å²) in [6.45, 7) is 0. The molecule has 0 saturated heterocycles. The summed E-state index contributed by atoms with van der Waals surface area (Å²) in [5.41, 5.74) is 18.9. The largest absolute Gasteiger partial charge is 0.369 e. The lowest BCUT2D eigenvalue weighted by Gasteiger charge is -2.03. The first-order valence-corrected chi connectivity index (χ1v) is 8.76. The van der Waals surface area contributed by atoms with Gasteiger partial charge in [0.15, 0.2) is 0 Å². The second-order valence-corrected chi connectivity index (χ2v) is 6.07. The summed E-state index contributed by atoms with van der Waals surface area (Å²) in [4.78, 5) is 0. The van der Waals surface area contributed by atoms with E-state index in [-0.39, 0.29) is 18.4 Å². The summed E-state index contributed by atoms with van der Waals surface area (Å²) >= 11 is 0. The summed E-state index contributed by atoms with van der Waals surface area (Å²) in [5.74, 6) is -0.0754. The van der Waals surface area contributed by atoms with Crippen LogP contribution in [0.4, 0.5) is 5.69 Å². The van der Waals surface area contributed by atoms with Crippen molar-refractivity contribution in [1.29, 1.82) is 5.26 Å². The van der Waals surface area contributed by atoms with E-state index in [0.717, 1.165) is 27.9 Å². The van der Waals surface area contributed by atoms with Crippen molar-refractivity contribution in [3.63, 3.8) is 0 Å². The van der Waals surface area contributed by atoms with Crippen LogP contribution in [0.25, 0.3) is 11.1 Å². The molecule has 0 bridgehead atoms. The van der Waals surface area contributed by atoms with Gasteiger partial charge in [0.1, 0.15) is 0 Å². The SMILES string of the molecule is Cl.N#Cc1ccc(N/N=C/c2ccc(-c3ccc(/C=N/N=C(N)N)cc3)cc2)cc1. The molecule has 0 spiro atoms. The highest BCUT2D eigenvalue weighted by Crippen LogP contribution is 2.20. The highest BCUT2D eigenvalue weighted by molar-refractivity contribution is 5.85. The summed E-state index contributed by atoms with van der Waals surface area (Å²) in [6, 6.07) is 25.1. The number of hydrazone groups is 1. The zero-order valence-corrected chi connectivity index (χ0v) is 16.8.